The molecule has 0 amide bonds. The van der Waals surface area contributed by atoms with Gasteiger partial charge >= 0.3 is 0 Å². The second kappa shape index (κ2) is 8.27. The SMILES string of the molecule is CS(=O)(=O)O.N#[NH+].O=[N+]([O-])c1ccccc1. The summed E-state index contributed by atoms with van der Waals surface area (Å²) in [6.45, 7) is 0. The molecule has 0 bridgehead atoms. The van der Waals surface area contributed by atoms with Crippen LogP contribution in [0, 0.1) is 15.5 Å². The molecule has 1 aromatic carbocycles. The van der Waals surface area contributed by atoms with Crippen LogP contribution in [0.3, 0.4) is 0 Å². The average molecular weight is 248 g/mol. The zero-order valence-electron chi connectivity index (χ0n) is 8.27. The van der Waals surface area contributed by atoms with E-state index >= 15 is 0 Å². The van der Waals surface area contributed by atoms with E-state index in [2.05, 4.69) is 0 Å². The lowest BCUT2D eigenvalue weighted by molar-refractivity contribution is -0.384. The Balaban J connectivity index is 0. The second-order valence-corrected chi connectivity index (χ2v) is 3.79. The van der Waals surface area contributed by atoms with Crippen LogP contribution in [-0.4, -0.2) is 24.1 Å². The molecule has 0 atom stereocenters. The molecule has 1 aromatic rings. The molecule has 0 aliphatic carbocycles. The molecule has 0 heterocycles. The molecule has 0 unspecified atom stereocenters. The van der Waals surface area contributed by atoms with Crippen molar-refractivity contribution in [3.05, 3.63) is 40.4 Å². The molecular formula is C7H10N3O5S+. The van der Waals surface area contributed by atoms with E-state index in [0.717, 1.165) is 0 Å². The summed E-state index contributed by atoms with van der Waals surface area (Å²) in [7, 11) is -3.67. The Morgan fingerprint density at radius 3 is 1.81 bits per heavy atom. The molecule has 1 rings (SSSR count). The summed E-state index contributed by atoms with van der Waals surface area (Å²) in [5.41, 5.74) is 0.137. The maximum atomic E-state index is 10.0. The Morgan fingerprint density at radius 2 is 1.62 bits per heavy atom. The van der Waals surface area contributed by atoms with Crippen molar-refractivity contribution in [3.8, 4) is 0 Å². The number of benzene rings is 1. The van der Waals surface area contributed by atoms with Crippen molar-refractivity contribution < 1.29 is 23.3 Å². The smallest absolute Gasteiger partial charge is 0.269 e. The van der Waals surface area contributed by atoms with Gasteiger partial charge in [-0.2, -0.15) is 8.42 Å². The quantitative estimate of drug-likeness (QED) is 0.293. The fourth-order valence-electron chi connectivity index (χ4n) is 0.550. The predicted octanol–water partition coefficient (Wildman–Crippen LogP) is -0.622. The minimum Gasteiger partial charge on any atom is -0.286 e. The Kier molecular flexibility index (Phi) is 8.47. The van der Waals surface area contributed by atoms with E-state index in [4.69, 9.17) is 15.3 Å². The van der Waals surface area contributed by atoms with Crippen LogP contribution in [0.5, 0.6) is 0 Å². The molecule has 0 saturated heterocycles. The number of nitro groups is 1. The largest absolute Gasteiger partial charge is 0.286 e. The van der Waals surface area contributed by atoms with E-state index in [1.807, 2.05) is 0 Å². The van der Waals surface area contributed by atoms with Crippen molar-refractivity contribution >= 4 is 15.8 Å². The summed E-state index contributed by atoms with van der Waals surface area (Å²) in [5, 5.41) is 21.0. The molecule has 2 N–H and O–H groups in total. The third-order valence-corrected chi connectivity index (χ3v) is 0.967. The summed E-state index contributed by atoms with van der Waals surface area (Å²) in [6.07, 6.45) is 0.715. The minimum atomic E-state index is -3.67. The maximum absolute atomic E-state index is 10.0. The highest BCUT2D eigenvalue weighted by atomic mass is 32.2. The van der Waals surface area contributed by atoms with Gasteiger partial charge < -0.3 is 0 Å². The first-order valence-electron chi connectivity index (χ1n) is 3.65. The van der Waals surface area contributed by atoms with Crippen LogP contribution < -0.4 is 5.39 Å². The number of nitrogens with zero attached hydrogens (tertiary/aromatic N) is 2. The van der Waals surface area contributed by atoms with Gasteiger partial charge in [-0.15, -0.1) is 0 Å². The number of diazo groups is 1. The summed E-state index contributed by atoms with van der Waals surface area (Å²) < 4.78 is 25.9. The summed E-state index contributed by atoms with van der Waals surface area (Å²) in [4.78, 5) is 9.59. The van der Waals surface area contributed by atoms with E-state index in [9.17, 15) is 18.5 Å². The van der Waals surface area contributed by atoms with Crippen molar-refractivity contribution in [3.63, 3.8) is 0 Å². The number of hydrogen-bond donors (Lipinski definition) is 2. The highest BCUT2D eigenvalue weighted by Gasteiger charge is 1.98. The molecule has 0 spiro atoms. The van der Waals surface area contributed by atoms with Gasteiger partial charge in [0.1, 0.15) is 0 Å². The monoisotopic (exact) mass is 248 g/mol. The normalized spacial score (nSPS) is 8.75. The Labute approximate surface area is 91.8 Å². The highest BCUT2D eigenvalue weighted by Crippen LogP contribution is 2.06. The molecule has 0 saturated carbocycles. The van der Waals surface area contributed by atoms with E-state index < -0.39 is 15.0 Å². The number of rotatable bonds is 1. The van der Waals surface area contributed by atoms with Gasteiger partial charge in [0.2, 0.25) is 5.39 Å². The van der Waals surface area contributed by atoms with Crippen LogP contribution >= 0.6 is 0 Å². The maximum Gasteiger partial charge on any atom is 0.269 e. The number of nitro benzene ring substituents is 1. The van der Waals surface area contributed by atoms with Crippen LogP contribution in [0.2, 0.25) is 0 Å². The topological polar surface area (TPSA) is 145 Å². The number of non-ortho nitro benzene ring substituents is 1. The first kappa shape index (κ1) is 16.4. The van der Waals surface area contributed by atoms with E-state index in [0.29, 0.717) is 6.26 Å². The molecule has 0 aliphatic heterocycles. The average Bonchev–Trinajstić information content (AvgIpc) is 2.20. The summed E-state index contributed by atoms with van der Waals surface area (Å²) >= 11 is 0. The Hall–Kier alpha value is -2.05. The van der Waals surface area contributed by atoms with Crippen LogP contribution in [0.15, 0.2) is 30.3 Å². The van der Waals surface area contributed by atoms with Crippen molar-refractivity contribution in [1.29, 1.82) is 5.39 Å². The second-order valence-electron chi connectivity index (χ2n) is 2.33. The van der Waals surface area contributed by atoms with Gasteiger partial charge in [0.05, 0.1) is 16.6 Å². The number of para-hydroxylation sites is 1. The molecule has 0 aliphatic rings. The van der Waals surface area contributed by atoms with Crippen molar-refractivity contribution in [2.75, 3.05) is 6.26 Å². The van der Waals surface area contributed by atoms with Gasteiger partial charge in [0.25, 0.3) is 15.8 Å². The predicted molar refractivity (Wildman–Crippen MR) is 53.3 cm³/mol. The Bertz CT molecular complexity index is 420. The fraction of sp³-hybridized carbons (Fsp3) is 0.143. The van der Waals surface area contributed by atoms with Crippen LogP contribution in [-0.2, 0) is 10.1 Å². The van der Waals surface area contributed by atoms with Crippen molar-refractivity contribution in [2.24, 2.45) is 0 Å². The number of nitrogens with one attached hydrogen (secondary N) is 1. The molecule has 0 radical (unpaired) electrons. The molecule has 9 heteroatoms. The lowest BCUT2D eigenvalue weighted by atomic mass is 10.3. The Morgan fingerprint density at radius 1 is 1.31 bits per heavy atom. The zero-order chi connectivity index (χ0) is 13.2. The fourth-order valence-corrected chi connectivity index (χ4v) is 0.550. The first-order valence-corrected chi connectivity index (χ1v) is 5.50. The van der Waals surface area contributed by atoms with E-state index in [1.165, 1.54) is 12.1 Å². The van der Waals surface area contributed by atoms with Crippen molar-refractivity contribution in [1.82, 2.24) is 0 Å². The van der Waals surface area contributed by atoms with Gasteiger partial charge in [-0.05, 0) is 0 Å². The van der Waals surface area contributed by atoms with Gasteiger partial charge in [0.15, 0.2) is 0 Å². The lowest BCUT2D eigenvalue weighted by Crippen LogP contribution is -2.11. The van der Waals surface area contributed by atoms with Crippen molar-refractivity contribution in [2.45, 2.75) is 0 Å². The minimum absolute atomic E-state index is 0.137. The number of hydrogen-bond acceptors (Lipinski definition) is 5. The van der Waals surface area contributed by atoms with Crippen LogP contribution in [0.4, 0.5) is 5.69 Å². The van der Waals surface area contributed by atoms with Crippen LogP contribution in [0.1, 0.15) is 0 Å². The van der Waals surface area contributed by atoms with Crippen LogP contribution in [0.25, 0.3) is 0 Å². The summed E-state index contributed by atoms with van der Waals surface area (Å²) in [5.74, 6) is 0. The van der Waals surface area contributed by atoms with E-state index in [1.54, 1.807) is 18.2 Å². The van der Waals surface area contributed by atoms with Gasteiger partial charge in [-0.3, -0.25) is 14.7 Å². The molecule has 16 heavy (non-hydrogen) atoms. The van der Waals surface area contributed by atoms with Gasteiger partial charge in [-0.25, -0.2) is 0 Å². The third-order valence-electron chi connectivity index (χ3n) is 0.967. The van der Waals surface area contributed by atoms with Gasteiger partial charge in [-0.1, -0.05) is 18.2 Å². The lowest BCUT2D eigenvalue weighted by Gasteiger charge is -1.85. The zero-order valence-corrected chi connectivity index (χ0v) is 9.09. The first-order chi connectivity index (χ1) is 7.30. The molecule has 0 aromatic heterocycles. The highest BCUT2D eigenvalue weighted by molar-refractivity contribution is 7.85. The molecule has 0 fully saturated rings. The standard InChI is InChI=1S/C6H5NO2.CH4O3S.N2/c8-7(9)6-4-2-1-3-5-6;1-5(2,3)4;1-2/h1-5H;1H3,(H,2,3,4);/p+1. The molecular weight excluding hydrogens is 238 g/mol. The molecule has 8 nitrogen and oxygen atoms in total. The third kappa shape index (κ3) is 14.5. The van der Waals surface area contributed by atoms with E-state index in [-0.39, 0.29) is 5.69 Å². The van der Waals surface area contributed by atoms with Gasteiger partial charge in [0, 0.05) is 12.1 Å². The molecule has 88 valence electrons. The summed E-state index contributed by atoms with van der Waals surface area (Å²) in [6, 6.07) is 7.93.